The molecule has 1 nitrogen and oxygen atoms in total. The van der Waals surface area contributed by atoms with E-state index in [1.165, 1.54) is 5.57 Å². The first kappa shape index (κ1) is 11.7. The maximum absolute atomic E-state index is 12.0. The molecule has 0 aliphatic heterocycles. The molecule has 0 saturated carbocycles. The van der Waals surface area contributed by atoms with E-state index in [-0.39, 0.29) is 11.2 Å². The van der Waals surface area contributed by atoms with Crippen molar-refractivity contribution in [2.75, 3.05) is 0 Å². The third-order valence-electron chi connectivity index (χ3n) is 2.68. The molecule has 0 N–H and O–H groups in total. The summed E-state index contributed by atoms with van der Waals surface area (Å²) < 4.78 is 0. The van der Waals surface area contributed by atoms with Crippen molar-refractivity contribution in [1.29, 1.82) is 0 Å². The van der Waals surface area contributed by atoms with Crippen molar-refractivity contribution in [3.05, 3.63) is 48.1 Å². The predicted molar refractivity (Wildman–Crippen MR) is 64.6 cm³/mol. The molecule has 0 heterocycles. The molecule has 0 spiro atoms. The second-order valence-corrected chi connectivity index (χ2v) is 4.33. The molecule has 1 atom stereocenters. The highest BCUT2D eigenvalue weighted by molar-refractivity contribution is 6.02. The van der Waals surface area contributed by atoms with Gasteiger partial charge in [-0.3, -0.25) is 4.79 Å². The molecular weight excluding hydrogens is 184 g/mol. The van der Waals surface area contributed by atoms with E-state index in [9.17, 15) is 4.79 Å². The minimum Gasteiger partial charge on any atom is -0.294 e. The van der Waals surface area contributed by atoms with Crippen LogP contribution in [0.1, 0.15) is 27.2 Å². The van der Waals surface area contributed by atoms with Crippen molar-refractivity contribution in [2.45, 2.75) is 27.2 Å². The fourth-order valence-electron chi connectivity index (χ4n) is 2.03. The molecule has 1 aliphatic rings. The smallest absolute Gasteiger partial charge is 0.168 e. The summed E-state index contributed by atoms with van der Waals surface area (Å²) in [6, 6.07) is 0. The van der Waals surface area contributed by atoms with Crippen molar-refractivity contribution >= 4 is 5.78 Å². The molecule has 0 aromatic heterocycles. The Morgan fingerprint density at radius 2 is 2.13 bits per heavy atom. The van der Waals surface area contributed by atoms with Crippen LogP contribution >= 0.6 is 0 Å². The van der Waals surface area contributed by atoms with E-state index in [2.05, 4.69) is 12.7 Å². The zero-order chi connectivity index (χ0) is 11.5. The molecule has 15 heavy (non-hydrogen) atoms. The van der Waals surface area contributed by atoms with Gasteiger partial charge in [0.25, 0.3) is 0 Å². The van der Waals surface area contributed by atoms with Gasteiger partial charge in [-0.2, -0.15) is 0 Å². The van der Waals surface area contributed by atoms with Crippen molar-refractivity contribution in [3.63, 3.8) is 0 Å². The number of carbonyl (C=O) groups is 1. The van der Waals surface area contributed by atoms with Gasteiger partial charge in [0, 0.05) is 0 Å². The van der Waals surface area contributed by atoms with Crippen LogP contribution in [-0.2, 0) is 4.79 Å². The van der Waals surface area contributed by atoms with Crippen LogP contribution in [0.4, 0.5) is 0 Å². The topological polar surface area (TPSA) is 17.1 Å². The Balaban J connectivity index is 2.93. The van der Waals surface area contributed by atoms with Gasteiger partial charge in [-0.05, 0) is 32.8 Å². The van der Waals surface area contributed by atoms with E-state index in [1.807, 2.05) is 39.0 Å². The van der Waals surface area contributed by atoms with Crippen LogP contribution in [0.25, 0.3) is 0 Å². The van der Waals surface area contributed by atoms with E-state index in [1.54, 1.807) is 6.08 Å². The Morgan fingerprint density at radius 1 is 1.47 bits per heavy atom. The standard InChI is InChI=1S/C14H18O/c1-5-6-7-8-14(4)10-11(2)9-12(3)13(14)15/h5-7,9-10H,1,8H2,2-4H3. The zero-order valence-corrected chi connectivity index (χ0v) is 9.71. The second kappa shape index (κ2) is 4.43. The highest BCUT2D eigenvalue weighted by Gasteiger charge is 2.32. The number of carbonyl (C=O) groups excluding carboxylic acids is 1. The summed E-state index contributed by atoms with van der Waals surface area (Å²) in [5.41, 5.74) is 1.65. The fourth-order valence-corrected chi connectivity index (χ4v) is 2.03. The number of allylic oxidation sites excluding steroid dienone is 7. The van der Waals surface area contributed by atoms with Gasteiger partial charge in [0.05, 0.1) is 5.41 Å². The van der Waals surface area contributed by atoms with Gasteiger partial charge in [0.2, 0.25) is 0 Å². The molecule has 0 aromatic carbocycles. The van der Waals surface area contributed by atoms with E-state index >= 15 is 0 Å². The molecular formula is C14H18O. The van der Waals surface area contributed by atoms with Gasteiger partial charge >= 0.3 is 0 Å². The monoisotopic (exact) mass is 202 g/mol. The minimum absolute atomic E-state index is 0.224. The fraction of sp³-hybridized carbons (Fsp3) is 0.357. The maximum atomic E-state index is 12.0. The van der Waals surface area contributed by atoms with Crippen molar-refractivity contribution in [2.24, 2.45) is 5.41 Å². The van der Waals surface area contributed by atoms with E-state index in [4.69, 9.17) is 0 Å². The van der Waals surface area contributed by atoms with Crippen LogP contribution in [-0.4, -0.2) is 5.78 Å². The second-order valence-electron chi connectivity index (χ2n) is 4.33. The third kappa shape index (κ3) is 2.56. The molecule has 1 unspecified atom stereocenters. The van der Waals surface area contributed by atoms with Crippen LogP contribution in [0.3, 0.4) is 0 Å². The summed E-state index contributed by atoms with van der Waals surface area (Å²) in [4.78, 5) is 12.0. The Kier molecular flexibility index (Phi) is 3.46. The first-order valence-corrected chi connectivity index (χ1v) is 5.20. The van der Waals surface area contributed by atoms with E-state index < -0.39 is 0 Å². The molecule has 0 amide bonds. The molecule has 0 radical (unpaired) electrons. The first-order valence-electron chi connectivity index (χ1n) is 5.20. The molecule has 80 valence electrons. The van der Waals surface area contributed by atoms with Crippen LogP contribution < -0.4 is 0 Å². The van der Waals surface area contributed by atoms with Crippen LogP contribution in [0, 0.1) is 5.41 Å². The average molecular weight is 202 g/mol. The Bertz CT molecular complexity index is 369. The Labute approximate surface area is 91.9 Å². The van der Waals surface area contributed by atoms with Gasteiger partial charge < -0.3 is 0 Å². The molecule has 1 aliphatic carbocycles. The molecule has 0 aromatic rings. The third-order valence-corrected chi connectivity index (χ3v) is 2.68. The predicted octanol–water partition coefficient (Wildman–Crippen LogP) is 3.60. The van der Waals surface area contributed by atoms with Crippen LogP contribution in [0.2, 0.25) is 0 Å². The van der Waals surface area contributed by atoms with Crippen LogP contribution in [0.15, 0.2) is 48.1 Å². The van der Waals surface area contributed by atoms with E-state index in [0.29, 0.717) is 0 Å². The lowest BCUT2D eigenvalue weighted by atomic mass is 9.75. The van der Waals surface area contributed by atoms with Gasteiger partial charge in [0.1, 0.15) is 0 Å². The lowest BCUT2D eigenvalue weighted by Crippen LogP contribution is -2.28. The Morgan fingerprint density at radius 3 is 2.73 bits per heavy atom. The Hall–Kier alpha value is -1.37. The number of ketones is 1. The zero-order valence-electron chi connectivity index (χ0n) is 9.71. The quantitative estimate of drug-likeness (QED) is 0.639. The van der Waals surface area contributed by atoms with Gasteiger partial charge in [0.15, 0.2) is 5.78 Å². The normalized spacial score (nSPS) is 26.5. The summed E-state index contributed by atoms with van der Waals surface area (Å²) in [6.45, 7) is 9.52. The SMILES string of the molecule is C=CC=CCC1(C)C=C(C)C=C(C)C1=O. The molecule has 0 fully saturated rings. The van der Waals surface area contributed by atoms with Crippen molar-refractivity contribution in [3.8, 4) is 0 Å². The van der Waals surface area contributed by atoms with E-state index in [0.717, 1.165) is 12.0 Å². The summed E-state index contributed by atoms with van der Waals surface area (Å²) in [5.74, 6) is 0.224. The number of Topliss-reactive ketones (excluding diaryl/α,β-unsaturated/α-hetero) is 1. The average Bonchev–Trinajstić information content (AvgIpc) is 2.14. The highest BCUT2D eigenvalue weighted by atomic mass is 16.1. The first-order chi connectivity index (χ1) is 6.99. The molecule has 0 saturated heterocycles. The number of rotatable bonds is 3. The summed E-state index contributed by atoms with van der Waals surface area (Å²) in [5, 5.41) is 0. The van der Waals surface area contributed by atoms with Crippen molar-refractivity contribution < 1.29 is 4.79 Å². The van der Waals surface area contributed by atoms with Gasteiger partial charge in [-0.1, -0.05) is 42.5 Å². The minimum atomic E-state index is -0.373. The lowest BCUT2D eigenvalue weighted by molar-refractivity contribution is -0.121. The summed E-state index contributed by atoms with van der Waals surface area (Å²) >= 11 is 0. The summed E-state index contributed by atoms with van der Waals surface area (Å²) in [7, 11) is 0. The molecule has 1 heteroatoms. The molecule has 1 rings (SSSR count). The van der Waals surface area contributed by atoms with Crippen molar-refractivity contribution in [1.82, 2.24) is 0 Å². The van der Waals surface area contributed by atoms with Gasteiger partial charge in [-0.25, -0.2) is 0 Å². The highest BCUT2D eigenvalue weighted by Crippen LogP contribution is 2.33. The van der Waals surface area contributed by atoms with Crippen LogP contribution in [0.5, 0.6) is 0 Å². The molecule has 0 bridgehead atoms. The summed E-state index contributed by atoms with van der Waals surface area (Å²) in [6.07, 6.45) is 10.3. The van der Waals surface area contributed by atoms with Gasteiger partial charge in [-0.15, -0.1) is 0 Å². The number of hydrogen-bond donors (Lipinski definition) is 0. The maximum Gasteiger partial charge on any atom is 0.168 e. The number of hydrogen-bond acceptors (Lipinski definition) is 1. The lowest BCUT2D eigenvalue weighted by Gasteiger charge is -2.27. The largest absolute Gasteiger partial charge is 0.294 e.